The number of aliphatic hydroxyl groups is 1. The number of nitrogens with one attached hydrogen (secondary N) is 2. The molecule has 2 aromatic rings. The minimum atomic E-state index is -4.71. The lowest BCUT2D eigenvalue weighted by Gasteiger charge is -2.16. The number of aliphatic hydroxyl groups excluding tert-OH is 1. The maximum absolute atomic E-state index is 13.7. The van der Waals surface area contributed by atoms with Crippen molar-refractivity contribution in [3.8, 4) is 0 Å². The fourth-order valence-corrected chi connectivity index (χ4v) is 2.51. The largest absolute Gasteiger partial charge is 0.416 e. The molecule has 160 valence electrons. The molecule has 1 unspecified atom stereocenters. The van der Waals surface area contributed by atoms with Gasteiger partial charge in [-0.3, -0.25) is 0 Å². The van der Waals surface area contributed by atoms with Crippen molar-refractivity contribution >= 4 is 29.9 Å². The van der Waals surface area contributed by atoms with Crippen LogP contribution in [0.4, 0.5) is 22.0 Å². The fraction of sp³-hybridized carbons (Fsp3) is 0.316. The van der Waals surface area contributed by atoms with E-state index in [2.05, 4.69) is 15.6 Å². The van der Waals surface area contributed by atoms with E-state index in [9.17, 15) is 27.1 Å². The van der Waals surface area contributed by atoms with Crippen LogP contribution in [0.25, 0.3) is 0 Å². The standard InChI is InChI=1S/C19H20F5N3O.HI/c1-2-25-18(27-11-17(28)14-5-3-4-6-16(14)21)26-10-12-7-8-13(20)9-15(12)19(22,23)24;/h3-9,17,28H,2,10-11H2,1H3,(H2,25,26,27);1H. The average molecular weight is 529 g/mol. The molecular formula is C19H21F5IN3O. The van der Waals surface area contributed by atoms with E-state index >= 15 is 0 Å². The van der Waals surface area contributed by atoms with Gasteiger partial charge in [0.2, 0.25) is 0 Å². The Morgan fingerprint density at radius 2 is 1.79 bits per heavy atom. The van der Waals surface area contributed by atoms with Crippen molar-refractivity contribution in [1.82, 2.24) is 10.6 Å². The highest BCUT2D eigenvalue weighted by molar-refractivity contribution is 14.0. The predicted octanol–water partition coefficient (Wildman–Crippen LogP) is 4.39. The third-order valence-corrected chi connectivity index (χ3v) is 3.86. The van der Waals surface area contributed by atoms with Crippen LogP contribution >= 0.6 is 24.0 Å². The first-order chi connectivity index (χ1) is 13.2. The Labute approximate surface area is 182 Å². The Hall–Kier alpha value is -1.95. The van der Waals surface area contributed by atoms with Crippen LogP contribution in [0, 0.1) is 11.6 Å². The number of hydrogen-bond acceptors (Lipinski definition) is 2. The molecule has 0 spiro atoms. The van der Waals surface area contributed by atoms with Crippen molar-refractivity contribution in [2.75, 3.05) is 13.1 Å². The van der Waals surface area contributed by atoms with Crippen LogP contribution in [-0.2, 0) is 12.7 Å². The number of alkyl halides is 3. The van der Waals surface area contributed by atoms with Crippen molar-refractivity contribution in [2.45, 2.75) is 25.7 Å². The highest BCUT2D eigenvalue weighted by atomic mass is 127. The fourth-order valence-electron chi connectivity index (χ4n) is 2.51. The number of benzene rings is 2. The molecule has 0 saturated carbocycles. The van der Waals surface area contributed by atoms with Gasteiger partial charge in [-0.25, -0.2) is 13.8 Å². The van der Waals surface area contributed by atoms with Crippen LogP contribution < -0.4 is 10.6 Å². The Kier molecular flexibility index (Phi) is 9.77. The summed E-state index contributed by atoms with van der Waals surface area (Å²) in [6.45, 7) is 1.70. The Bertz CT molecular complexity index is 830. The number of guanidine groups is 1. The number of aliphatic imine (C=N–C) groups is 1. The van der Waals surface area contributed by atoms with Crippen molar-refractivity contribution in [2.24, 2.45) is 4.99 Å². The van der Waals surface area contributed by atoms with Crippen LogP contribution in [0.15, 0.2) is 47.5 Å². The molecule has 0 fully saturated rings. The summed E-state index contributed by atoms with van der Waals surface area (Å²) in [4.78, 5) is 4.04. The Balaban J connectivity index is 0.00000420. The summed E-state index contributed by atoms with van der Waals surface area (Å²) >= 11 is 0. The zero-order chi connectivity index (χ0) is 20.7. The van der Waals surface area contributed by atoms with Crippen molar-refractivity contribution < 1.29 is 27.1 Å². The average Bonchev–Trinajstić information content (AvgIpc) is 2.64. The molecule has 29 heavy (non-hydrogen) atoms. The molecule has 0 amide bonds. The van der Waals surface area contributed by atoms with Gasteiger partial charge in [0.25, 0.3) is 0 Å². The van der Waals surface area contributed by atoms with E-state index in [1.165, 1.54) is 18.2 Å². The maximum Gasteiger partial charge on any atom is 0.416 e. The minimum Gasteiger partial charge on any atom is -0.386 e. The van der Waals surface area contributed by atoms with E-state index in [0.29, 0.717) is 12.6 Å². The van der Waals surface area contributed by atoms with Crippen LogP contribution in [0.2, 0.25) is 0 Å². The molecule has 3 N–H and O–H groups in total. The Morgan fingerprint density at radius 3 is 2.41 bits per heavy atom. The molecule has 1 atom stereocenters. The molecular weight excluding hydrogens is 508 g/mol. The van der Waals surface area contributed by atoms with Crippen LogP contribution in [0.3, 0.4) is 0 Å². The molecule has 0 bridgehead atoms. The van der Waals surface area contributed by atoms with Gasteiger partial charge in [0.05, 0.1) is 18.2 Å². The second-order valence-corrected chi connectivity index (χ2v) is 5.91. The summed E-state index contributed by atoms with van der Waals surface area (Å²) in [5, 5.41) is 15.7. The van der Waals surface area contributed by atoms with Gasteiger partial charge in [-0.05, 0) is 30.7 Å². The van der Waals surface area contributed by atoms with Crippen molar-refractivity contribution in [3.05, 3.63) is 70.8 Å². The Morgan fingerprint density at radius 1 is 1.10 bits per heavy atom. The van der Waals surface area contributed by atoms with Crippen molar-refractivity contribution in [1.29, 1.82) is 0 Å². The quantitative estimate of drug-likeness (QED) is 0.225. The molecule has 0 aliphatic heterocycles. The zero-order valence-electron chi connectivity index (χ0n) is 15.4. The van der Waals surface area contributed by atoms with Gasteiger partial charge in [0.15, 0.2) is 5.96 Å². The minimum absolute atomic E-state index is 0. The van der Waals surface area contributed by atoms with E-state index < -0.39 is 29.5 Å². The van der Waals surface area contributed by atoms with Gasteiger partial charge in [0.1, 0.15) is 11.6 Å². The maximum atomic E-state index is 13.7. The van der Waals surface area contributed by atoms with E-state index in [0.717, 1.165) is 12.1 Å². The van der Waals surface area contributed by atoms with Crippen LogP contribution in [0.1, 0.15) is 29.7 Å². The van der Waals surface area contributed by atoms with Gasteiger partial charge in [0, 0.05) is 18.7 Å². The molecule has 0 aliphatic carbocycles. The van der Waals surface area contributed by atoms with Crippen LogP contribution in [0.5, 0.6) is 0 Å². The molecule has 0 heterocycles. The first-order valence-electron chi connectivity index (χ1n) is 8.52. The normalized spacial score (nSPS) is 12.9. The van der Waals surface area contributed by atoms with Crippen LogP contribution in [-0.4, -0.2) is 24.2 Å². The summed E-state index contributed by atoms with van der Waals surface area (Å²) in [6.07, 6.45) is -5.89. The number of halogens is 6. The third-order valence-electron chi connectivity index (χ3n) is 3.86. The molecule has 0 radical (unpaired) electrons. The summed E-state index contributed by atoms with van der Waals surface area (Å²) < 4.78 is 66.1. The predicted molar refractivity (Wildman–Crippen MR) is 111 cm³/mol. The molecule has 2 aromatic carbocycles. The lowest BCUT2D eigenvalue weighted by molar-refractivity contribution is -0.138. The summed E-state index contributed by atoms with van der Waals surface area (Å²) in [6, 6.07) is 8.10. The second kappa shape index (κ2) is 11.3. The molecule has 10 heteroatoms. The number of hydrogen-bond donors (Lipinski definition) is 3. The van der Waals surface area contributed by atoms with Gasteiger partial charge >= 0.3 is 6.18 Å². The second-order valence-electron chi connectivity index (χ2n) is 5.91. The molecule has 0 saturated heterocycles. The smallest absolute Gasteiger partial charge is 0.386 e. The molecule has 0 aliphatic rings. The lowest BCUT2D eigenvalue weighted by atomic mass is 10.1. The molecule has 4 nitrogen and oxygen atoms in total. The molecule has 0 aromatic heterocycles. The number of rotatable bonds is 6. The highest BCUT2D eigenvalue weighted by Crippen LogP contribution is 2.32. The SMILES string of the molecule is CCNC(=NCc1ccc(F)cc1C(F)(F)F)NCC(O)c1ccccc1F.I. The summed E-state index contributed by atoms with van der Waals surface area (Å²) in [5.41, 5.74) is -1.21. The summed E-state index contributed by atoms with van der Waals surface area (Å²) in [5.74, 6) is -1.42. The van der Waals surface area contributed by atoms with Gasteiger partial charge in [-0.15, -0.1) is 24.0 Å². The lowest BCUT2D eigenvalue weighted by Crippen LogP contribution is -2.39. The first kappa shape index (κ1) is 25.1. The van der Waals surface area contributed by atoms with E-state index in [1.807, 2.05) is 0 Å². The highest BCUT2D eigenvalue weighted by Gasteiger charge is 2.33. The van der Waals surface area contributed by atoms with E-state index in [4.69, 9.17) is 0 Å². The van der Waals surface area contributed by atoms with Gasteiger partial charge in [-0.1, -0.05) is 24.3 Å². The van der Waals surface area contributed by atoms with Gasteiger partial charge in [-0.2, -0.15) is 13.2 Å². The van der Waals surface area contributed by atoms with E-state index in [1.54, 1.807) is 13.0 Å². The summed E-state index contributed by atoms with van der Waals surface area (Å²) in [7, 11) is 0. The topological polar surface area (TPSA) is 56.7 Å². The first-order valence-corrected chi connectivity index (χ1v) is 8.52. The third kappa shape index (κ3) is 7.42. The van der Waals surface area contributed by atoms with E-state index in [-0.39, 0.29) is 54.2 Å². The molecule has 2 rings (SSSR count). The zero-order valence-corrected chi connectivity index (χ0v) is 17.8. The monoisotopic (exact) mass is 529 g/mol. The van der Waals surface area contributed by atoms with Crippen molar-refractivity contribution in [3.63, 3.8) is 0 Å². The number of nitrogens with zero attached hydrogens (tertiary/aromatic N) is 1. The van der Waals surface area contributed by atoms with Gasteiger partial charge < -0.3 is 15.7 Å².